The zero-order valence-corrected chi connectivity index (χ0v) is 19.9. The first-order valence-electron chi connectivity index (χ1n) is 10.3. The number of anilines is 2. The van der Waals surface area contributed by atoms with Gasteiger partial charge in [0.15, 0.2) is 0 Å². The second-order valence-electron chi connectivity index (χ2n) is 7.70. The fourth-order valence-electron chi connectivity index (χ4n) is 3.38. The van der Waals surface area contributed by atoms with E-state index in [-0.39, 0.29) is 11.4 Å². The zero-order valence-electron chi connectivity index (χ0n) is 18.3. The smallest absolute Gasteiger partial charge is 0.318 e. The van der Waals surface area contributed by atoms with Crippen LogP contribution in [-0.4, -0.2) is 22.4 Å². The van der Waals surface area contributed by atoms with Crippen molar-refractivity contribution in [3.05, 3.63) is 93.8 Å². The van der Waals surface area contributed by atoms with Crippen LogP contribution in [0.25, 0.3) is 10.9 Å². The summed E-state index contributed by atoms with van der Waals surface area (Å²) in [4.78, 5) is 38.3. The largest absolute Gasteiger partial charge is 0.328 e. The van der Waals surface area contributed by atoms with E-state index in [0.717, 1.165) is 15.6 Å². The van der Waals surface area contributed by atoms with Crippen LogP contribution >= 0.6 is 15.9 Å². The van der Waals surface area contributed by atoms with Gasteiger partial charge in [-0.25, -0.2) is 9.07 Å². The first-order chi connectivity index (χ1) is 16.2. The van der Waals surface area contributed by atoms with E-state index in [1.807, 2.05) is 19.9 Å². The summed E-state index contributed by atoms with van der Waals surface area (Å²) in [7, 11) is 0. The SMILES string of the molecule is Cc1ccc(NC(=O)C(=O)Nn2c(C(=O)Nc3ccccc3F)cc3cc(Br)ccc32)cc1C. The Morgan fingerprint density at radius 2 is 1.62 bits per heavy atom. The van der Waals surface area contributed by atoms with Crippen LogP contribution in [0.3, 0.4) is 0 Å². The molecule has 3 amide bonds. The van der Waals surface area contributed by atoms with Crippen LogP contribution in [0.1, 0.15) is 21.6 Å². The van der Waals surface area contributed by atoms with Crippen molar-refractivity contribution in [2.45, 2.75) is 13.8 Å². The highest BCUT2D eigenvalue weighted by molar-refractivity contribution is 9.10. The number of carbonyl (C=O) groups is 3. The maximum atomic E-state index is 14.0. The van der Waals surface area contributed by atoms with Gasteiger partial charge in [-0.2, -0.15) is 0 Å². The molecule has 0 fully saturated rings. The number of aromatic nitrogens is 1. The predicted octanol–water partition coefficient (Wildman–Crippen LogP) is 5.12. The van der Waals surface area contributed by atoms with Crippen LogP contribution < -0.4 is 16.1 Å². The van der Waals surface area contributed by atoms with E-state index < -0.39 is 23.5 Å². The summed E-state index contributed by atoms with van der Waals surface area (Å²) >= 11 is 3.38. The van der Waals surface area contributed by atoms with Gasteiger partial charge in [0.2, 0.25) is 0 Å². The quantitative estimate of drug-likeness (QED) is 0.325. The fourth-order valence-corrected chi connectivity index (χ4v) is 3.76. The molecular weight excluding hydrogens is 503 g/mol. The van der Waals surface area contributed by atoms with Gasteiger partial charge in [0, 0.05) is 15.5 Å². The molecule has 4 aromatic rings. The van der Waals surface area contributed by atoms with E-state index in [9.17, 15) is 18.8 Å². The summed E-state index contributed by atoms with van der Waals surface area (Å²) in [5.74, 6) is -3.13. The molecule has 0 aliphatic carbocycles. The van der Waals surface area contributed by atoms with Crippen molar-refractivity contribution in [2.24, 2.45) is 0 Å². The number of rotatable bonds is 4. The van der Waals surface area contributed by atoms with E-state index in [4.69, 9.17) is 0 Å². The lowest BCUT2D eigenvalue weighted by Gasteiger charge is -2.13. The highest BCUT2D eigenvalue weighted by Gasteiger charge is 2.22. The predicted molar refractivity (Wildman–Crippen MR) is 133 cm³/mol. The Hall–Kier alpha value is -3.98. The molecule has 172 valence electrons. The Morgan fingerprint density at radius 3 is 2.35 bits per heavy atom. The van der Waals surface area contributed by atoms with Crippen molar-refractivity contribution in [2.75, 3.05) is 16.1 Å². The van der Waals surface area contributed by atoms with Gasteiger partial charge in [0.25, 0.3) is 5.91 Å². The fraction of sp³-hybridized carbons (Fsp3) is 0.0800. The number of amides is 3. The van der Waals surface area contributed by atoms with Crippen molar-refractivity contribution in [3.63, 3.8) is 0 Å². The number of para-hydroxylation sites is 1. The van der Waals surface area contributed by atoms with E-state index in [0.29, 0.717) is 16.6 Å². The van der Waals surface area contributed by atoms with E-state index in [2.05, 4.69) is 32.0 Å². The lowest BCUT2D eigenvalue weighted by molar-refractivity contribution is -0.133. The van der Waals surface area contributed by atoms with Crippen LogP contribution in [0.15, 0.2) is 71.2 Å². The van der Waals surface area contributed by atoms with Crippen LogP contribution in [0.5, 0.6) is 0 Å². The van der Waals surface area contributed by atoms with Gasteiger partial charge in [0.1, 0.15) is 11.5 Å². The maximum Gasteiger partial charge on any atom is 0.328 e. The molecule has 3 N–H and O–H groups in total. The third-order valence-electron chi connectivity index (χ3n) is 5.30. The summed E-state index contributed by atoms with van der Waals surface area (Å²) in [6.45, 7) is 3.84. The molecule has 34 heavy (non-hydrogen) atoms. The van der Waals surface area contributed by atoms with Crippen molar-refractivity contribution >= 4 is 55.9 Å². The second-order valence-corrected chi connectivity index (χ2v) is 8.61. The molecule has 0 saturated carbocycles. The summed E-state index contributed by atoms with van der Waals surface area (Å²) < 4.78 is 16.0. The number of carbonyl (C=O) groups excluding carboxylic acids is 3. The topological polar surface area (TPSA) is 92.2 Å². The van der Waals surface area contributed by atoms with Crippen molar-refractivity contribution in [1.29, 1.82) is 0 Å². The summed E-state index contributed by atoms with van der Waals surface area (Å²) in [5, 5.41) is 5.68. The monoisotopic (exact) mass is 522 g/mol. The molecule has 0 spiro atoms. The third kappa shape index (κ3) is 4.84. The van der Waals surface area contributed by atoms with Crippen LogP contribution in [-0.2, 0) is 9.59 Å². The van der Waals surface area contributed by atoms with Gasteiger partial charge >= 0.3 is 11.8 Å². The van der Waals surface area contributed by atoms with E-state index in [1.165, 1.54) is 28.9 Å². The highest BCUT2D eigenvalue weighted by Crippen LogP contribution is 2.24. The lowest BCUT2D eigenvalue weighted by Crippen LogP contribution is -2.36. The van der Waals surface area contributed by atoms with Gasteiger partial charge in [-0.05, 0) is 73.5 Å². The minimum Gasteiger partial charge on any atom is -0.318 e. The normalized spacial score (nSPS) is 10.7. The molecule has 1 heterocycles. The van der Waals surface area contributed by atoms with Gasteiger partial charge in [0.05, 0.1) is 11.2 Å². The molecule has 0 atom stereocenters. The Bertz CT molecular complexity index is 1450. The first-order valence-corrected chi connectivity index (χ1v) is 11.1. The van der Waals surface area contributed by atoms with Crippen molar-refractivity contribution in [3.8, 4) is 0 Å². The Morgan fingerprint density at radius 1 is 0.853 bits per heavy atom. The molecule has 4 rings (SSSR count). The number of hydrogen-bond acceptors (Lipinski definition) is 3. The number of nitrogens with one attached hydrogen (secondary N) is 3. The average molecular weight is 523 g/mol. The molecule has 0 bridgehead atoms. The van der Waals surface area contributed by atoms with Crippen molar-refractivity contribution in [1.82, 2.24) is 4.68 Å². The number of fused-ring (bicyclic) bond motifs is 1. The number of hydrogen-bond donors (Lipinski definition) is 3. The summed E-state index contributed by atoms with van der Waals surface area (Å²) in [6.07, 6.45) is 0. The summed E-state index contributed by atoms with van der Waals surface area (Å²) in [6, 6.07) is 17.8. The molecule has 0 radical (unpaired) electrons. The lowest BCUT2D eigenvalue weighted by atomic mass is 10.1. The zero-order chi connectivity index (χ0) is 24.4. The van der Waals surface area contributed by atoms with Crippen LogP contribution in [0.2, 0.25) is 0 Å². The molecule has 0 unspecified atom stereocenters. The second kappa shape index (κ2) is 9.48. The first kappa shape index (κ1) is 23.2. The molecule has 0 aliphatic heterocycles. The van der Waals surface area contributed by atoms with Crippen LogP contribution in [0.4, 0.5) is 15.8 Å². The number of aryl methyl sites for hydroxylation is 2. The molecule has 1 aromatic heterocycles. The molecular formula is C25H20BrFN4O3. The molecule has 3 aromatic carbocycles. The Labute approximate surface area is 203 Å². The van der Waals surface area contributed by atoms with Crippen LogP contribution in [0, 0.1) is 19.7 Å². The highest BCUT2D eigenvalue weighted by atomic mass is 79.9. The van der Waals surface area contributed by atoms with E-state index >= 15 is 0 Å². The standard InChI is InChI=1S/C25H20BrFN4O3/c1-14-7-9-18(11-15(14)2)28-24(33)25(34)30-31-21-10-8-17(26)12-16(21)13-22(31)23(32)29-20-6-4-3-5-19(20)27/h3-13H,1-2H3,(H,28,33)(H,29,32)(H,30,34). The van der Waals surface area contributed by atoms with Gasteiger partial charge in [-0.15, -0.1) is 0 Å². The number of halogens is 2. The molecule has 9 heteroatoms. The van der Waals surface area contributed by atoms with Gasteiger partial charge in [-0.1, -0.05) is 34.1 Å². The van der Waals surface area contributed by atoms with E-state index in [1.54, 1.807) is 36.4 Å². The molecule has 7 nitrogen and oxygen atoms in total. The Kier molecular flexibility index (Phi) is 6.47. The average Bonchev–Trinajstić information content (AvgIpc) is 3.15. The van der Waals surface area contributed by atoms with Gasteiger partial charge < -0.3 is 10.6 Å². The number of benzene rings is 3. The minimum absolute atomic E-state index is 0.00991. The summed E-state index contributed by atoms with van der Waals surface area (Å²) in [5.41, 5.74) is 5.46. The maximum absolute atomic E-state index is 14.0. The Balaban J connectivity index is 1.63. The number of nitrogens with zero attached hydrogens (tertiary/aromatic N) is 1. The third-order valence-corrected chi connectivity index (χ3v) is 5.80. The van der Waals surface area contributed by atoms with Gasteiger partial charge in [-0.3, -0.25) is 19.8 Å². The molecule has 0 saturated heterocycles. The minimum atomic E-state index is -0.974. The van der Waals surface area contributed by atoms with Crippen molar-refractivity contribution < 1.29 is 18.8 Å². The molecule has 0 aliphatic rings.